The Morgan fingerprint density at radius 2 is 1.03 bits per heavy atom. The molecule has 0 radical (unpaired) electrons. The van der Waals surface area contributed by atoms with Crippen molar-refractivity contribution >= 4 is 43.6 Å². The summed E-state index contributed by atoms with van der Waals surface area (Å²) in [5.74, 6) is -9.41. The molecule has 4 heterocycles. The minimum absolute atomic E-state index is 0. The number of para-hydroxylation sites is 2. The van der Waals surface area contributed by atoms with Crippen molar-refractivity contribution in [3.8, 4) is 39.6 Å². The van der Waals surface area contributed by atoms with Gasteiger partial charge in [0.1, 0.15) is 5.82 Å². The van der Waals surface area contributed by atoms with Crippen molar-refractivity contribution in [3.63, 3.8) is 0 Å². The number of halogens is 5. The van der Waals surface area contributed by atoms with Crippen LogP contribution in [0.2, 0.25) is 0 Å². The smallest absolute Gasteiger partial charge is 0.358 e. The molecule has 0 aliphatic carbocycles. The predicted octanol–water partition coefficient (Wildman–Crippen LogP) is 13.7. The van der Waals surface area contributed by atoms with E-state index in [4.69, 9.17) is 10.1 Å². The van der Waals surface area contributed by atoms with Gasteiger partial charge < -0.3 is 9.13 Å². The van der Waals surface area contributed by atoms with Gasteiger partial charge in [-0.05, 0) is 51.7 Å². The van der Waals surface area contributed by atoms with Crippen molar-refractivity contribution in [2.24, 2.45) is 0 Å². The summed E-state index contributed by atoms with van der Waals surface area (Å²) in [5.41, 5.74) is 3.99. The van der Waals surface area contributed by atoms with Crippen LogP contribution >= 0.6 is 0 Å². The van der Waals surface area contributed by atoms with Crippen molar-refractivity contribution in [2.75, 3.05) is 0 Å². The second-order valence-corrected chi connectivity index (χ2v) is 17.6. The summed E-state index contributed by atoms with van der Waals surface area (Å²) < 4.78 is 82.1. The van der Waals surface area contributed by atoms with Gasteiger partial charge in [0, 0.05) is 33.8 Å². The first-order chi connectivity index (χ1) is 29.6. The van der Waals surface area contributed by atoms with Gasteiger partial charge in [-0.25, -0.2) is 26.9 Å². The van der Waals surface area contributed by atoms with Crippen LogP contribution in [0.3, 0.4) is 0 Å². The van der Waals surface area contributed by atoms with E-state index in [0.717, 1.165) is 49.5 Å². The van der Waals surface area contributed by atoms with Crippen molar-refractivity contribution in [1.29, 1.82) is 0 Å². The number of pyridine rings is 1. The minimum atomic E-state index is -2.23. The van der Waals surface area contributed by atoms with E-state index in [9.17, 15) is 4.39 Å². The zero-order chi connectivity index (χ0) is 43.4. The maximum Gasteiger partial charge on any atom is 2.00 e. The second-order valence-electron chi connectivity index (χ2n) is 17.6. The summed E-state index contributed by atoms with van der Waals surface area (Å²) in [6.45, 7) is 11.8. The molecule has 5 nitrogen and oxygen atoms in total. The number of aromatic nitrogens is 5. The van der Waals surface area contributed by atoms with Crippen LogP contribution in [-0.4, -0.2) is 23.9 Å². The van der Waals surface area contributed by atoms with Crippen LogP contribution in [0.4, 0.5) is 22.0 Å². The van der Waals surface area contributed by atoms with Crippen molar-refractivity contribution in [2.45, 2.75) is 52.4 Å². The molecule has 11 heteroatoms. The Bertz CT molecular complexity index is 3410. The third-order valence-corrected chi connectivity index (χ3v) is 11.5. The second kappa shape index (κ2) is 15.2. The molecule has 0 N–H and O–H groups in total. The van der Waals surface area contributed by atoms with Crippen molar-refractivity contribution in [1.82, 2.24) is 23.9 Å². The fraction of sp³-hybridized carbons (Fsp3) is 0.154. The van der Waals surface area contributed by atoms with E-state index in [1.165, 1.54) is 4.68 Å². The molecule has 0 unspecified atom stereocenters. The van der Waals surface area contributed by atoms with Gasteiger partial charge in [-0.15, -0.1) is 35.0 Å². The predicted molar refractivity (Wildman–Crippen MR) is 236 cm³/mol. The summed E-state index contributed by atoms with van der Waals surface area (Å²) in [6.07, 6.45) is 1.84. The van der Waals surface area contributed by atoms with E-state index < -0.39 is 40.1 Å². The van der Waals surface area contributed by atoms with E-state index >= 15 is 17.6 Å². The van der Waals surface area contributed by atoms with E-state index in [1.807, 2.05) is 60.8 Å². The Labute approximate surface area is 374 Å². The Kier molecular flexibility index (Phi) is 10.1. The molecule has 0 amide bonds. The first-order valence-electron chi connectivity index (χ1n) is 20.2. The fourth-order valence-electron chi connectivity index (χ4n) is 8.55. The Balaban J connectivity index is 0.00000504. The number of hydrogen-bond acceptors (Lipinski definition) is 2. The molecule has 0 aliphatic rings. The van der Waals surface area contributed by atoms with E-state index in [0.29, 0.717) is 22.5 Å². The molecule has 10 rings (SSSR count). The normalized spacial score (nSPS) is 12.2. The number of rotatable bonds is 5. The van der Waals surface area contributed by atoms with Gasteiger partial charge in [0.25, 0.3) is 0 Å². The molecule has 0 fully saturated rings. The van der Waals surface area contributed by atoms with Crippen molar-refractivity contribution < 1.29 is 43.0 Å². The largest absolute Gasteiger partial charge is 2.00 e. The van der Waals surface area contributed by atoms with Crippen LogP contribution in [0, 0.1) is 41.2 Å². The van der Waals surface area contributed by atoms with Crippen LogP contribution in [0.25, 0.3) is 83.2 Å². The summed E-state index contributed by atoms with van der Waals surface area (Å²) in [6, 6.07) is 44.2. The molecular weight excluding hydrogens is 985 g/mol. The Hall–Kier alpha value is -6.38. The van der Waals surface area contributed by atoms with Gasteiger partial charge in [-0.2, -0.15) is 17.2 Å². The van der Waals surface area contributed by atoms with Gasteiger partial charge in [0.2, 0.25) is 5.82 Å². The molecule has 0 saturated carbocycles. The van der Waals surface area contributed by atoms with E-state index in [1.54, 1.807) is 57.2 Å². The van der Waals surface area contributed by atoms with Gasteiger partial charge in [-0.3, -0.25) is 4.68 Å². The van der Waals surface area contributed by atoms with Crippen molar-refractivity contribution in [3.05, 3.63) is 174 Å². The summed E-state index contributed by atoms with van der Waals surface area (Å²) in [4.78, 5) is 4.85. The standard InChI is InChI=1S/C52H38F5N5.Pt/c1-51(2,3)30-24-25-58-41(26-30)61-38-19-13-11-17-34(38)36-22-20-31(27-40(36)61)60-37-18-12-10-16-33(37)35-23-21-32(28-39(35)60)62-49(29-14-8-7-9-15-29)43(50(59-62)52(4,5)6)42-44(53)46(55)48(57)47(56)45(42)54;/h7-26H,1-6H3;/q-2;+2. The Morgan fingerprint density at radius 1 is 0.508 bits per heavy atom. The molecule has 6 aromatic carbocycles. The molecule has 0 saturated heterocycles. The third-order valence-electron chi connectivity index (χ3n) is 11.5. The first kappa shape index (κ1) is 41.9. The van der Waals surface area contributed by atoms with Crippen LogP contribution in [-0.2, 0) is 31.9 Å². The maximum atomic E-state index is 15.9. The SMILES string of the molecule is CC(C)(C)c1ccnc(-n2c3[c-]c(-n4c5[c-]c(-n6nc(C(C)(C)C)c(-c7c(F)c(F)c(F)c(F)c7F)c6-c6ccccc6)ccc5c5ccccc54)ccc3c3ccccc32)c1.[Pt+2]. The number of hydrogen-bond donors (Lipinski definition) is 0. The number of fused-ring (bicyclic) bond motifs is 6. The molecular formula is C52H38F5N5Pt. The molecule has 0 atom stereocenters. The van der Waals surface area contributed by atoms with E-state index in [-0.39, 0.29) is 43.4 Å². The minimum Gasteiger partial charge on any atom is -0.358 e. The van der Waals surface area contributed by atoms with Gasteiger partial charge in [0.05, 0.1) is 17.0 Å². The zero-order valence-corrected chi connectivity index (χ0v) is 37.3. The number of nitrogens with zero attached hydrogens (tertiary/aromatic N) is 5. The van der Waals surface area contributed by atoms with Crippen LogP contribution < -0.4 is 0 Å². The molecule has 10 aromatic rings. The summed E-state index contributed by atoms with van der Waals surface area (Å²) in [5, 5.41) is 8.81. The van der Waals surface area contributed by atoms with E-state index in [2.05, 4.69) is 66.3 Å². The van der Waals surface area contributed by atoms with Crippen LogP contribution in [0.1, 0.15) is 52.8 Å². The summed E-state index contributed by atoms with van der Waals surface area (Å²) >= 11 is 0. The van der Waals surface area contributed by atoms with Gasteiger partial charge >= 0.3 is 21.1 Å². The molecule has 0 aliphatic heterocycles. The monoisotopic (exact) mass is 1020 g/mol. The van der Waals surface area contributed by atoms with Gasteiger partial charge in [-0.1, -0.05) is 125 Å². The molecule has 0 bridgehead atoms. The Morgan fingerprint density at radius 3 is 1.63 bits per heavy atom. The zero-order valence-electron chi connectivity index (χ0n) is 35.0. The topological polar surface area (TPSA) is 40.6 Å². The number of benzene rings is 6. The quantitative estimate of drug-likeness (QED) is 0.0746. The maximum absolute atomic E-state index is 15.9. The first-order valence-corrected chi connectivity index (χ1v) is 20.2. The van der Waals surface area contributed by atoms with Crippen LogP contribution in [0.5, 0.6) is 0 Å². The molecule has 4 aromatic heterocycles. The molecule has 316 valence electrons. The summed E-state index contributed by atoms with van der Waals surface area (Å²) in [7, 11) is 0. The molecule has 0 spiro atoms. The fourth-order valence-corrected chi connectivity index (χ4v) is 8.55. The third kappa shape index (κ3) is 6.60. The van der Waals surface area contributed by atoms with Gasteiger partial charge in [0.15, 0.2) is 23.3 Å². The average Bonchev–Trinajstić information content (AvgIpc) is 3.93. The van der Waals surface area contributed by atoms with Crippen LogP contribution in [0.15, 0.2) is 121 Å². The average molecular weight is 1020 g/mol. The molecule has 63 heavy (non-hydrogen) atoms.